The van der Waals surface area contributed by atoms with Gasteiger partial charge in [-0.2, -0.15) is 4.31 Å². The lowest BCUT2D eigenvalue weighted by molar-refractivity contribution is -0.0440. The second kappa shape index (κ2) is 6.84. The molecule has 1 saturated heterocycles. The molecule has 1 aliphatic heterocycles. The highest BCUT2D eigenvalue weighted by atomic mass is 35.5. The summed E-state index contributed by atoms with van der Waals surface area (Å²) < 4.78 is 32.8. The van der Waals surface area contributed by atoms with Crippen LogP contribution in [0.25, 0.3) is 11.1 Å². The van der Waals surface area contributed by atoms with Crippen molar-refractivity contribution in [2.75, 3.05) is 13.1 Å². The fourth-order valence-corrected chi connectivity index (χ4v) is 4.65. The van der Waals surface area contributed by atoms with Crippen molar-refractivity contribution in [1.82, 2.24) is 4.31 Å². The van der Waals surface area contributed by atoms with Crippen LogP contribution in [0.3, 0.4) is 0 Å². The summed E-state index contributed by atoms with van der Waals surface area (Å²) in [5.74, 6) is 0. The van der Waals surface area contributed by atoms with Crippen molar-refractivity contribution in [3.05, 3.63) is 53.6 Å². The van der Waals surface area contributed by atoms with E-state index >= 15 is 0 Å². The van der Waals surface area contributed by atoms with Gasteiger partial charge in [-0.25, -0.2) is 8.42 Å². The summed E-state index contributed by atoms with van der Waals surface area (Å²) in [5.41, 5.74) is 1.95. The molecule has 128 valence electrons. The summed E-state index contributed by atoms with van der Waals surface area (Å²) in [6.07, 6.45) is -0.200. The summed E-state index contributed by atoms with van der Waals surface area (Å²) >= 11 is 5.90. The molecule has 0 unspecified atom stereocenters. The summed E-state index contributed by atoms with van der Waals surface area (Å²) in [4.78, 5) is 0.307. The van der Waals surface area contributed by atoms with E-state index in [1.807, 2.05) is 50.2 Å². The molecule has 0 aliphatic carbocycles. The third kappa shape index (κ3) is 3.64. The van der Waals surface area contributed by atoms with Crippen molar-refractivity contribution in [2.45, 2.75) is 31.0 Å². The van der Waals surface area contributed by atoms with E-state index in [0.717, 1.165) is 11.1 Å². The van der Waals surface area contributed by atoms with E-state index in [1.165, 1.54) is 4.31 Å². The Balaban J connectivity index is 1.85. The molecule has 0 N–H and O–H groups in total. The van der Waals surface area contributed by atoms with Gasteiger partial charge in [-0.3, -0.25) is 0 Å². The van der Waals surface area contributed by atoms with E-state index in [2.05, 4.69) is 0 Å². The number of sulfonamides is 1. The fourth-order valence-electron chi connectivity index (χ4n) is 2.94. The number of hydrogen-bond donors (Lipinski definition) is 0. The number of hydrogen-bond acceptors (Lipinski definition) is 3. The Hall–Kier alpha value is -1.40. The maximum absolute atomic E-state index is 12.8. The first kappa shape index (κ1) is 17.4. The minimum atomic E-state index is -3.50. The van der Waals surface area contributed by atoms with Gasteiger partial charge in [0.1, 0.15) is 0 Å². The molecule has 0 saturated carbocycles. The van der Waals surface area contributed by atoms with Crippen molar-refractivity contribution in [3.8, 4) is 11.1 Å². The van der Waals surface area contributed by atoms with Gasteiger partial charge in [-0.15, -0.1) is 0 Å². The van der Waals surface area contributed by atoms with Crippen LogP contribution in [0.15, 0.2) is 53.4 Å². The lowest BCUT2D eigenvalue weighted by atomic mass is 10.1. The third-order valence-corrected chi connectivity index (χ3v) is 6.15. The average molecular weight is 366 g/mol. The molecule has 1 heterocycles. The normalized spacial score (nSPS) is 22.5. The van der Waals surface area contributed by atoms with Crippen molar-refractivity contribution in [2.24, 2.45) is 0 Å². The van der Waals surface area contributed by atoms with Crippen molar-refractivity contribution >= 4 is 21.6 Å². The van der Waals surface area contributed by atoms with Crippen LogP contribution < -0.4 is 0 Å². The first-order valence-electron chi connectivity index (χ1n) is 7.88. The predicted molar refractivity (Wildman–Crippen MR) is 95.7 cm³/mol. The molecule has 24 heavy (non-hydrogen) atoms. The molecule has 0 amide bonds. The zero-order valence-electron chi connectivity index (χ0n) is 13.6. The highest BCUT2D eigenvalue weighted by molar-refractivity contribution is 7.89. The Morgan fingerprint density at radius 2 is 1.38 bits per heavy atom. The fraction of sp³-hybridized carbons (Fsp3) is 0.333. The number of halogens is 1. The molecular formula is C18H20ClNO3S. The summed E-state index contributed by atoms with van der Waals surface area (Å²) in [6, 6.07) is 14.4. The van der Waals surface area contributed by atoms with Crippen molar-refractivity contribution in [3.63, 3.8) is 0 Å². The maximum Gasteiger partial charge on any atom is 0.243 e. The van der Waals surface area contributed by atoms with Gasteiger partial charge in [0.2, 0.25) is 10.0 Å². The monoisotopic (exact) mass is 365 g/mol. The highest BCUT2D eigenvalue weighted by Gasteiger charge is 2.32. The molecule has 0 spiro atoms. The highest BCUT2D eigenvalue weighted by Crippen LogP contribution is 2.25. The molecule has 6 heteroatoms. The lowest BCUT2D eigenvalue weighted by Crippen LogP contribution is -2.48. The topological polar surface area (TPSA) is 46.6 Å². The number of morpholine rings is 1. The van der Waals surface area contributed by atoms with Crippen LogP contribution in [0.4, 0.5) is 0 Å². The lowest BCUT2D eigenvalue weighted by Gasteiger charge is -2.34. The quantitative estimate of drug-likeness (QED) is 0.831. The van der Waals surface area contributed by atoms with Crippen LogP contribution in [0.1, 0.15) is 13.8 Å². The molecular weight excluding hydrogens is 346 g/mol. The Morgan fingerprint density at radius 3 is 1.88 bits per heavy atom. The van der Waals surface area contributed by atoms with E-state index < -0.39 is 10.0 Å². The van der Waals surface area contributed by atoms with Gasteiger partial charge in [-0.05, 0) is 49.2 Å². The van der Waals surface area contributed by atoms with Crippen LogP contribution in [-0.2, 0) is 14.8 Å². The molecule has 2 aromatic rings. The molecule has 0 radical (unpaired) electrons. The smallest absolute Gasteiger partial charge is 0.243 e. The van der Waals surface area contributed by atoms with Crippen LogP contribution >= 0.6 is 11.6 Å². The molecule has 1 fully saturated rings. The second-order valence-corrected chi connectivity index (χ2v) is 8.48. The maximum atomic E-state index is 12.8. The van der Waals surface area contributed by atoms with Gasteiger partial charge >= 0.3 is 0 Å². The van der Waals surface area contributed by atoms with Crippen LogP contribution in [-0.4, -0.2) is 38.0 Å². The Kier molecular flexibility index (Phi) is 4.97. The van der Waals surface area contributed by atoms with Crippen molar-refractivity contribution < 1.29 is 13.2 Å². The van der Waals surface area contributed by atoms with E-state index in [4.69, 9.17) is 16.3 Å². The number of benzene rings is 2. The summed E-state index contributed by atoms with van der Waals surface area (Å²) in [7, 11) is -3.50. The molecule has 0 aromatic heterocycles. The van der Waals surface area contributed by atoms with E-state index in [1.54, 1.807) is 12.1 Å². The van der Waals surface area contributed by atoms with Crippen LogP contribution in [0, 0.1) is 0 Å². The molecule has 4 nitrogen and oxygen atoms in total. The van der Waals surface area contributed by atoms with Gasteiger partial charge < -0.3 is 4.74 Å². The van der Waals surface area contributed by atoms with Crippen molar-refractivity contribution in [1.29, 1.82) is 0 Å². The SMILES string of the molecule is C[C@@H]1CN(S(=O)(=O)c2ccc(-c3ccc(Cl)cc3)cc2)C[C@H](C)O1. The third-order valence-electron chi connectivity index (χ3n) is 4.06. The zero-order chi connectivity index (χ0) is 17.3. The standard InChI is InChI=1S/C18H20ClNO3S/c1-13-11-20(12-14(2)23-13)24(21,22)18-9-5-16(6-10-18)15-3-7-17(19)8-4-15/h3-10,13-14H,11-12H2,1-2H3/t13-,14+. The minimum Gasteiger partial charge on any atom is -0.373 e. The van der Waals surface area contributed by atoms with Crippen LogP contribution in [0.5, 0.6) is 0 Å². The number of ether oxygens (including phenoxy) is 1. The minimum absolute atomic E-state index is 0.100. The second-order valence-electron chi connectivity index (χ2n) is 6.11. The molecule has 3 rings (SSSR count). The Bertz CT molecular complexity index is 793. The van der Waals surface area contributed by atoms with Gasteiger partial charge in [0, 0.05) is 18.1 Å². The zero-order valence-corrected chi connectivity index (χ0v) is 15.2. The van der Waals surface area contributed by atoms with Crippen LogP contribution in [0.2, 0.25) is 5.02 Å². The summed E-state index contributed by atoms with van der Waals surface area (Å²) in [5, 5.41) is 0.675. The number of nitrogens with zero attached hydrogens (tertiary/aromatic N) is 1. The average Bonchev–Trinajstić information content (AvgIpc) is 2.55. The summed E-state index contributed by atoms with van der Waals surface area (Å²) in [6.45, 7) is 4.54. The number of rotatable bonds is 3. The largest absolute Gasteiger partial charge is 0.373 e. The molecule has 1 aliphatic rings. The molecule has 2 atom stereocenters. The van der Waals surface area contributed by atoms with E-state index in [-0.39, 0.29) is 12.2 Å². The molecule has 0 bridgehead atoms. The van der Waals surface area contributed by atoms with Gasteiger partial charge in [-0.1, -0.05) is 35.9 Å². The van der Waals surface area contributed by atoms with Gasteiger partial charge in [0.15, 0.2) is 0 Å². The first-order valence-corrected chi connectivity index (χ1v) is 9.69. The van der Waals surface area contributed by atoms with Gasteiger partial charge in [0.05, 0.1) is 17.1 Å². The Labute approximate surface area is 148 Å². The van der Waals surface area contributed by atoms with E-state index in [0.29, 0.717) is 23.0 Å². The van der Waals surface area contributed by atoms with Gasteiger partial charge in [0.25, 0.3) is 0 Å². The molecule has 2 aromatic carbocycles. The Morgan fingerprint density at radius 1 is 0.917 bits per heavy atom. The van der Waals surface area contributed by atoms with E-state index in [9.17, 15) is 8.42 Å². The predicted octanol–water partition coefficient (Wildman–Crippen LogP) is 3.80. The first-order chi connectivity index (χ1) is 11.4.